The van der Waals surface area contributed by atoms with Crippen LogP contribution in [0.25, 0.3) is 10.9 Å². The van der Waals surface area contributed by atoms with Crippen LogP contribution in [-0.2, 0) is 65.6 Å². The number of carboxylic acid groups (broad SMARTS) is 1. The Balaban J connectivity index is 1.94. The Morgan fingerprint density at radius 2 is 0.989 bits per heavy atom. The zero-order valence-electron chi connectivity index (χ0n) is 51.6. The van der Waals surface area contributed by atoms with Gasteiger partial charge >= 0.3 is 5.97 Å². The summed E-state index contributed by atoms with van der Waals surface area (Å²) in [6, 6.07) is -0.640. The number of aromatic hydroxyl groups is 1. The quantitative estimate of drug-likeness (QED) is 0.0326. The second-order valence-electron chi connectivity index (χ2n) is 23.2. The molecule has 2 aromatic carbocycles. The van der Waals surface area contributed by atoms with Crippen molar-refractivity contribution in [2.45, 2.75) is 180 Å². The minimum atomic E-state index is -1.56. The standard InChI is InChI=1S/C60H93N13O14S/c1-32(2)25-44(56(82)68-45(26-33(3)4)57(83)72-48(60(86)87)27-34(5)6)69-58(84)47(29-37-30-64-41-15-10-9-13-39(37)41)71-54(80)43(22-24-88-8)67-53(79)42(20-21-50(63)76)66-51(77)35(7)65-55(81)46(28-36-16-18-38(75)19-17-36)70-59(85)49(31-74)73-52(78)40(62)14-11-12-23-61/h9-10,13,15-19,30,32-35,40,42-49,64,74-75H,11-12,14,20-29,31,61-62H2,1-8H3,(H2,63,76)(H,65,81)(H,66,77)(H,67,79)(H,68,82)(H,69,84)(H,70,85)(H,71,80)(H,72,83)(H,73,78)(H,86,87)/t35-,40-,42-,43-,44-,45-,46-,47-,48-,49-/m0/s1. The number of benzene rings is 2. The van der Waals surface area contributed by atoms with Gasteiger partial charge in [-0.2, -0.15) is 11.8 Å². The van der Waals surface area contributed by atoms with Gasteiger partial charge < -0.3 is 85.4 Å². The largest absolute Gasteiger partial charge is 0.508 e. The molecule has 0 radical (unpaired) electrons. The van der Waals surface area contributed by atoms with Crippen LogP contribution in [0.1, 0.15) is 117 Å². The van der Waals surface area contributed by atoms with Gasteiger partial charge in [0.2, 0.25) is 59.1 Å². The van der Waals surface area contributed by atoms with Crippen LogP contribution in [-0.4, -0.2) is 171 Å². The Labute approximate surface area is 517 Å². The molecule has 27 nitrogen and oxygen atoms in total. The summed E-state index contributed by atoms with van der Waals surface area (Å²) in [4.78, 5) is 154. The summed E-state index contributed by atoms with van der Waals surface area (Å²) in [5, 5.41) is 54.0. The molecule has 0 fully saturated rings. The number of hydrogen-bond acceptors (Lipinski definition) is 16. The molecule has 88 heavy (non-hydrogen) atoms. The summed E-state index contributed by atoms with van der Waals surface area (Å²) in [5.74, 6) is -9.91. The summed E-state index contributed by atoms with van der Waals surface area (Å²) in [6.07, 6.45) is 3.99. The average Bonchev–Trinajstić information content (AvgIpc) is 4.07. The van der Waals surface area contributed by atoms with Crippen LogP contribution < -0.4 is 65.1 Å². The second kappa shape index (κ2) is 37.8. The summed E-state index contributed by atoms with van der Waals surface area (Å²) >= 11 is 1.33. The highest BCUT2D eigenvalue weighted by molar-refractivity contribution is 7.98. The lowest BCUT2D eigenvalue weighted by atomic mass is 9.98. The van der Waals surface area contributed by atoms with E-state index in [0.29, 0.717) is 36.3 Å². The lowest BCUT2D eigenvalue weighted by molar-refractivity contribution is -0.143. The molecule has 10 atom stereocenters. The van der Waals surface area contributed by atoms with E-state index in [9.17, 15) is 68.1 Å². The highest BCUT2D eigenvalue weighted by Gasteiger charge is 2.36. The maximum atomic E-state index is 14.7. The van der Waals surface area contributed by atoms with Crippen molar-refractivity contribution in [2.24, 2.45) is 35.0 Å². The Hall–Kier alpha value is -7.82. The number of H-pyrrole nitrogens is 1. The molecule has 28 heteroatoms. The molecule has 1 aromatic heterocycles. The fraction of sp³-hybridized carbons (Fsp3) is 0.583. The fourth-order valence-corrected chi connectivity index (χ4v) is 9.86. The molecule has 1 heterocycles. The van der Waals surface area contributed by atoms with Crippen molar-refractivity contribution in [1.29, 1.82) is 0 Å². The number of rotatable bonds is 40. The fourth-order valence-electron chi connectivity index (χ4n) is 9.39. The number of carbonyl (C=O) groups excluding carboxylic acids is 10. The number of unbranched alkanes of at least 4 members (excludes halogenated alkanes) is 1. The van der Waals surface area contributed by atoms with E-state index >= 15 is 0 Å². The monoisotopic (exact) mass is 1250 g/mol. The van der Waals surface area contributed by atoms with E-state index in [1.807, 2.05) is 59.7 Å². The number of aromatic amines is 1. The van der Waals surface area contributed by atoms with Crippen LogP contribution in [0.2, 0.25) is 0 Å². The van der Waals surface area contributed by atoms with Gasteiger partial charge in [0, 0.05) is 36.4 Å². The van der Waals surface area contributed by atoms with Gasteiger partial charge in [-0.05, 0) is 118 Å². The van der Waals surface area contributed by atoms with E-state index in [4.69, 9.17) is 17.2 Å². The number of aliphatic hydroxyl groups excluding tert-OH is 1. The van der Waals surface area contributed by atoms with Crippen molar-refractivity contribution in [3.63, 3.8) is 0 Å². The number of nitrogens with one attached hydrogen (secondary N) is 10. The Morgan fingerprint density at radius 1 is 0.534 bits per heavy atom. The molecule has 19 N–H and O–H groups in total. The molecule has 488 valence electrons. The average molecular weight is 1250 g/mol. The van der Waals surface area contributed by atoms with E-state index in [1.165, 1.54) is 43.0 Å². The lowest BCUT2D eigenvalue weighted by Crippen LogP contribution is -2.61. The first-order chi connectivity index (χ1) is 41.6. The number of aromatic nitrogens is 1. The van der Waals surface area contributed by atoms with E-state index in [1.54, 1.807) is 18.5 Å². The topological polar surface area (TPSA) is 451 Å². The first-order valence-corrected chi connectivity index (χ1v) is 31.1. The molecular formula is C60H93N13O14S. The predicted octanol–water partition coefficient (Wildman–Crippen LogP) is -0.268. The first-order valence-electron chi connectivity index (χ1n) is 29.7. The van der Waals surface area contributed by atoms with Crippen molar-refractivity contribution in [3.8, 4) is 5.75 Å². The van der Waals surface area contributed by atoms with Crippen molar-refractivity contribution >= 4 is 87.7 Å². The number of para-hydroxylation sites is 1. The number of thioether (sulfide) groups is 1. The van der Waals surface area contributed by atoms with Crippen LogP contribution in [0.5, 0.6) is 5.75 Å². The zero-order valence-corrected chi connectivity index (χ0v) is 52.4. The molecule has 0 bridgehead atoms. The zero-order chi connectivity index (χ0) is 65.8. The third kappa shape index (κ3) is 25.9. The highest BCUT2D eigenvalue weighted by atomic mass is 32.2. The number of nitrogens with two attached hydrogens (primary N) is 3. The summed E-state index contributed by atoms with van der Waals surface area (Å²) in [7, 11) is 0. The summed E-state index contributed by atoms with van der Waals surface area (Å²) in [5.41, 5.74) is 18.8. The summed E-state index contributed by atoms with van der Waals surface area (Å²) in [6.45, 7) is 11.7. The number of phenols is 1. The van der Waals surface area contributed by atoms with Gasteiger partial charge in [0.25, 0.3) is 0 Å². The van der Waals surface area contributed by atoms with Gasteiger partial charge in [0.1, 0.15) is 60.1 Å². The van der Waals surface area contributed by atoms with E-state index in [2.05, 4.69) is 52.8 Å². The maximum Gasteiger partial charge on any atom is 0.326 e. The van der Waals surface area contributed by atoms with Crippen molar-refractivity contribution in [1.82, 2.24) is 52.8 Å². The molecule has 0 unspecified atom stereocenters. The van der Waals surface area contributed by atoms with Crippen molar-refractivity contribution < 1.29 is 68.1 Å². The normalized spacial score (nSPS) is 14.8. The number of fused-ring (bicyclic) bond motifs is 1. The van der Waals surface area contributed by atoms with Crippen LogP contribution in [0.3, 0.4) is 0 Å². The number of primary amides is 1. The van der Waals surface area contributed by atoms with Crippen LogP contribution in [0.4, 0.5) is 0 Å². The molecule has 0 spiro atoms. The molecule has 0 aliphatic carbocycles. The van der Waals surface area contributed by atoms with E-state index in [-0.39, 0.29) is 74.9 Å². The molecule has 3 aromatic rings. The second-order valence-corrected chi connectivity index (χ2v) is 24.2. The van der Waals surface area contributed by atoms with Gasteiger partial charge in [-0.1, -0.05) is 78.3 Å². The minimum Gasteiger partial charge on any atom is -0.508 e. The Morgan fingerprint density at radius 3 is 1.52 bits per heavy atom. The number of amides is 10. The third-order valence-corrected chi connectivity index (χ3v) is 14.8. The van der Waals surface area contributed by atoms with Gasteiger partial charge in [-0.3, -0.25) is 47.9 Å². The van der Waals surface area contributed by atoms with Crippen molar-refractivity contribution in [2.75, 3.05) is 25.2 Å². The SMILES string of the molecule is CSCC[C@H](NC(=O)[C@H](CCC(N)=O)NC(=O)[C@H](C)NC(=O)[C@H](Cc1ccc(O)cc1)NC(=O)[C@H](CO)NC(=O)[C@@H](N)CCCCN)C(=O)N[C@@H](Cc1c[nH]c2ccccc12)C(=O)N[C@@H](CC(C)C)C(=O)N[C@@H](CC(C)C)C(=O)N[C@@H](CC(C)C)C(=O)O. The van der Waals surface area contributed by atoms with Crippen LogP contribution in [0.15, 0.2) is 54.7 Å². The first kappa shape index (κ1) is 74.4. The number of aliphatic hydroxyl groups is 1. The van der Waals surface area contributed by atoms with Gasteiger partial charge in [0.05, 0.1) is 12.6 Å². The third-order valence-electron chi connectivity index (χ3n) is 14.2. The molecule has 10 amide bonds. The number of carbonyl (C=O) groups is 11. The number of phenolic OH excluding ortho intramolecular Hbond substituents is 1. The Kier molecular flexibility index (Phi) is 32.0. The molecular weight excluding hydrogens is 1160 g/mol. The number of hydrogen-bond donors (Lipinski definition) is 16. The van der Waals surface area contributed by atoms with E-state index in [0.717, 1.165) is 10.9 Å². The van der Waals surface area contributed by atoms with Gasteiger partial charge in [-0.25, -0.2) is 4.79 Å². The maximum absolute atomic E-state index is 14.7. The molecule has 0 aliphatic rings. The molecule has 3 rings (SSSR count). The lowest BCUT2D eigenvalue weighted by Gasteiger charge is -2.28. The van der Waals surface area contributed by atoms with Crippen molar-refractivity contribution in [3.05, 3.63) is 65.9 Å². The van der Waals surface area contributed by atoms with Gasteiger partial charge in [-0.15, -0.1) is 0 Å². The summed E-state index contributed by atoms with van der Waals surface area (Å²) < 4.78 is 0. The van der Waals surface area contributed by atoms with Crippen LogP contribution in [0, 0.1) is 17.8 Å². The molecule has 0 saturated carbocycles. The smallest absolute Gasteiger partial charge is 0.326 e. The number of carboxylic acids is 1. The Bertz CT molecular complexity index is 2820. The van der Waals surface area contributed by atoms with Gasteiger partial charge in [0.15, 0.2) is 0 Å². The van der Waals surface area contributed by atoms with Crippen LogP contribution >= 0.6 is 11.8 Å². The predicted molar refractivity (Wildman–Crippen MR) is 332 cm³/mol. The molecule has 0 saturated heterocycles. The highest BCUT2D eigenvalue weighted by Crippen LogP contribution is 2.21. The molecule has 0 aliphatic heterocycles. The number of aliphatic carboxylic acids is 1. The van der Waals surface area contributed by atoms with E-state index < -0.39 is 138 Å². The minimum absolute atomic E-state index is 0.0166.